The molecule has 0 saturated carbocycles. The maximum absolute atomic E-state index is 6.18. The molecule has 3 rings (SSSR count). The van der Waals surface area contributed by atoms with Gasteiger partial charge in [-0.3, -0.25) is 0 Å². The van der Waals surface area contributed by atoms with Crippen molar-refractivity contribution in [3.05, 3.63) is 82.1 Å². The SMILES string of the molecule is Cl.Clc1ccc(CCNCc2cccc(Oc3ncccn3)c2)c(Cl)c1. The van der Waals surface area contributed by atoms with Gasteiger partial charge in [0, 0.05) is 29.0 Å². The van der Waals surface area contributed by atoms with Crippen molar-refractivity contribution in [2.45, 2.75) is 13.0 Å². The number of rotatable bonds is 7. The fourth-order valence-corrected chi connectivity index (χ4v) is 2.85. The predicted octanol–water partition coefficient (Wildman–Crippen LogP) is 5.33. The van der Waals surface area contributed by atoms with Gasteiger partial charge in [-0.15, -0.1) is 12.4 Å². The summed E-state index contributed by atoms with van der Waals surface area (Å²) < 4.78 is 5.64. The van der Waals surface area contributed by atoms with Gasteiger partial charge >= 0.3 is 6.01 Å². The Morgan fingerprint density at radius 1 is 0.962 bits per heavy atom. The molecule has 0 fully saturated rings. The summed E-state index contributed by atoms with van der Waals surface area (Å²) in [7, 11) is 0. The number of nitrogens with one attached hydrogen (secondary N) is 1. The van der Waals surface area contributed by atoms with Gasteiger partial charge in [-0.2, -0.15) is 0 Å². The van der Waals surface area contributed by atoms with E-state index < -0.39 is 0 Å². The zero-order chi connectivity index (χ0) is 17.5. The molecule has 0 spiro atoms. The minimum atomic E-state index is 0. The average Bonchev–Trinajstić information content (AvgIpc) is 2.61. The first-order valence-electron chi connectivity index (χ1n) is 7.89. The van der Waals surface area contributed by atoms with Crippen LogP contribution in [0.15, 0.2) is 60.9 Å². The molecule has 7 heteroatoms. The van der Waals surface area contributed by atoms with Crippen LogP contribution in [0, 0.1) is 0 Å². The van der Waals surface area contributed by atoms with E-state index in [9.17, 15) is 0 Å². The third-order valence-corrected chi connectivity index (χ3v) is 4.15. The second kappa shape index (κ2) is 10.3. The molecule has 0 aliphatic carbocycles. The lowest BCUT2D eigenvalue weighted by molar-refractivity contribution is 0.441. The highest BCUT2D eigenvalue weighted by Crippen LogP contribution is 2.21. The Bertz CT molecular complexity index is 831. The minimum absolute atomic E-state index is 0. The summed E-state index contributed by atoms with van der Waals surface area (Å²) in [4.78, 5) is 8.11. The lowest BCUT2D eigenvalue weighted by Crippen LogP contribution is -2.16. The quantitative estimate of drug-likeness (QED) is 0.535. The van der Waals surface area contributed by atoms with E-state index in [1.54, 1.807) is 24.5 Å². The molecule has 0 atom stereocenters. The zero-order valence-electron chi connectivity index (χ0n) is 13.9. The van der Waals surface area contributed by atoms with Gasteiger partial charge in [0.05, 0.1) is 0 Å². The maximum atomic E-state index is 6.18. The Labute approximate surface area is 169 Å². The number of halogens is 3. The fraction of sp³-hybridized carbons (Fsp3) is 0.158. The molecule has 4 nitrogen and oxygen atoms in total. The van der Waals surface area contributed by atoms with Gasteiger partial charge in [0.2, 0.25) is 0 Å². The molecule has 1 N–H and O–H groups in total. The van der Waals surface area contributed by atoms with Gasteiger partial charge in [-0.1, -0.05) is 41.4 Å². The van der Waals surface area contributed by atoms with Crippen LogP contribution in [-0.2, 0) is 13.0 Å². The Morgan fingerprint density at radius 3 is 2.54 bits per heavy atom. The van der Waals surface area contributed by atoms with Crippen LogP contribution in [0.25, 0.3) is 0 Å². The molecule has 0 bridgehead atoms. The van der Waals surface area contributed by atoms with Crippen LogP contribution in [0.4, 0.5) is 0 Å². The topological polar surface area (TPSA) is 47.0 Å². The molecular weight excluding hydrogens is 393 g/mol. The summed E-state index contributed by atoms with van der Waals surface area (Å²) in [5.74, 6) is 0.714. The predicted molar refractivity (Wildman–Crippen MR) is 108 cm³/mol. The molecule has 26 heavy (non-hydrogen) atoms. The minimum Gasteiger partial charge on any atom is -0.424 e. The van der Waals surface area contributed by atoms with Gasteiger partial charge < -0.3 is 10.1 Å². The lowest BCUT2D eigenvalue weighted by Gasteiger charge is -2.08. The van der Waals surface area contributed by atoms with E-state index in [-0.39, 0.29) is 12.4 Å². The van der Waals surface area contributed by atoms with Crippen LogP contribution in [0.5, 0.6) is 11.8 Å². The van der Waals surface area contributed by atoms with Crippen LogP contribution in [-0.4, -0.2) is 16.5 Å². The van der Waals surface area contributed by atoms with E-state index in [0.717, 1.165) is 30.6 Å². The molecule has 3 aromatic rings. The molecule has 0 aliphatic rings. The molecule has 0 unspecified atom stereocenters. The summed E-state index contributed by atoms with van der Waals surface area (Å²) >= 11 is 12.1. The van der Waals surface area contributed by atoms with E-state index in [0.29, 0.717) is 21.8 Å². The Hall–Kier alpha value is -1.85. The van der Waals surface area contributed by atoms with Crippen LogP contribution < -0.4 is 10.1 Å². The molecule has 2 aromatic carbocycles. The van der Waals surface area contributed by atoms with Crippen molar-refractivity contribution >= 4 is 35.6 Å². The van der Waals surface area contributed by atoms with Gasteiger partial charge in [0.25, 0.3) is 0 Å². The molecule has 0 amide bonds. The van der Waals surface area contributed by atoms with Crippen LogP contribution in [0.1, 0.15) is 11.1 Å². The summed E-state index contributed by atoms with van der Waals surface area (Å²) in [6.07, 6.45) is 4.13. The highest BCUT2D eigenvalue weighted by Gasteiger charge is 2.03. The third-order valence-electron chi connectivity index (χ3n) is 3.57. The smallest absolute Gasteiger partial charge is 0.321 e. The third kappa shape index (κ3) is 6.15. The van der Waals surface area contributed by atoms with Gasteiger partial charge in [-0.25, -0.2) is 9.97 Å². The largest absolute Gasteiger partial charge is 0.424 e. The Morgan fingerprint density at radius 2 is 1.77 bits per heavy atom. The van der Waals surface area contributed by atoms with E-state index in [1.165, 1.54) is 0 Å². The highest BCUT2D eigenvalue weighted by molar-refractivity contribution is 6.35. The number of hydrogen-bond donors (Lipinski definition) is 1. The molecule has 0 aliphatic heterocycles. The second-order valence-electron chi connectivity index (χ2n) is 5.44. The molecule has 1 aromatic heterocycles. The monoisotopic (exact) mass is 409 g/mol. The molecular formula is C19H18Cl3N3O. The van der Waals surface area contributed by atoms with E-state index in [4.69, 9.17) is 27.9 Å². The molecule has 0 saturated heterocycles. The van der Waals surface area contributed by atoms with Crippen LogP contribution in [0.3, 0.4) is 0 Å². The average molecular weight is 411 g/mol. The number of ether oxygens (including phenoxy) is 1. The number of hydrogen-bond acceptors (Lipinski definition) is 4. The standard InChI is InChI=1S/C19H17Cl2N3O.ClH/c20-16-6-5-15(18(21)12-16)7-10-22-13-14-3-1-4-17(11-14)25-19-23-8-2-9-24-19;/h1-6,8-9,11-12,22H,7,10,13H2;1H. The maximum Gasteiger partial charge on any atom is 0.321 e. The molecule has 136 valence electrons. The second-order valence-corrected chi connectivity index (χ2v) is 6.29. The Balaban J connectivity index is 0.00000243. The molecule has 0 radical (unpaired) electrons. The van der Waals surface area contributed by atoms with Crippen molar-refractivity contribution < 1.29 is 4.74 Å². The van der Waals surface area contributed by atoms with Gasteiger partial charge in [0.1, 0.15) is 5.75 Å². The van der Waals surface area contributed by atoms with Crippen molar-refractivity contribution in [3.8, 4) is 11.8 Å². The first kappa shape index (κ1) is 20.5. The Kier molecular flexibility index (Phi) is 8.13. The summed E-state index contributed by atoms with van der Waals surface area (Å²) in [5.41, 5.74) is 2.20. The van der Waals surface area contributed by atoms with Crippen molar-refractivity contribution in [1.29, 1.82) is 0 Å². The van der Waals surface area contributed by atoms with Crippen LogP contribution >= 0.6 is 35.6 Å². The number of nitrogens with zero attached hydrogens (tertiary/aromatic N) is 2. The first-order valence-corrected chi connectivity index (χ1v) is 8.65. The summed E-state index contributed by atoms with van der Waals surface area (Å²) in [6.45, 7) is 1.55. The van der Waals surface area contributed by atoms with E-state index in [1.807, 2.05) is 36.4 Å². The summed E-state index contributed by atoms with van der Waals surface area (Å²) in [6, 6.07) is 15.5. The van der Waals surface area contributed by atoms with E-state index >= 15 is 0 Å². The van der Waals surface area contributed by atoms with Crippen molar-refractivity contribution in [3.63, 3.8) is 0 Å². The molecule has 1 heterocycles. The van der Waals surface area contributed by atoms with E-state index in [2.05, 4.69) is 15.3 Å². The fourth-order valence-electron chi connectivity index (χ4n) is 2.34. The van der Waals surface area contributed by atoms with Crippen molar-refractivity contribution in [1.82, 2.24) is 15.3 Å². The van der Waals surface area contributed by atoms with Crippen LogP contribution in [0.2, 0.25) is 10.0 Å². The van der Waals surface area contributed by atoms with Gasteiger partial charge in [-0.05, 0) is 54.4 Å². The summed E-state index contributed by atoms with van der Waals surface area (Å²) in [5, 5.41) is 4.76. The lowest BCUT2D eigenvalue weighted by atomic mass is 10.1. The zero-order valence-corrected chi connectivity index (χ0v) is 16.2. The van der Waals surface area contributed by atoms with Gasteiger partial charge in [0.15, 0.2) is 0 Å². The number of benzene rings is 2. The van der Waals surface area contributed by atoms with Crippen molar-refractivity contribution in [2.24, 2.45) is 0 Å². The first-order chi connectivity index (χ1) is 12.2. The highest BCUT2D eigenvalue weighted by atomic mass is 35.5. The van der Waals surface area contributed by atoms with Crippen molar-refractivity contribution in [2.75, 3.05) is 6.54 Å². The normalized spacial score (nSPS) is 10.2. The number of aromatic nitrogens is 2.